The molecule has 30 heavy (non-hydrogen) atoms. The van der Waals surface area contributed by atoms with Crippen LogP contribution in [-0.4, -0.2) is 16.7 Å². The summed E-state index contributed by atoms with van der Waals surface area (Å²) < 4.78 is 0. The maximum absolute atomic E-state index is 12.2. The number of non-ortho nitro benzene ring substituents is 1. The number of nitro benzene ring substituents is 1. The third-order valence-corrected chi connectivity index (χ3v) is 4.36. The maximum atomic E-state index is 12.2. The molecule has 2 amide bonds. The zero-order valence-corrected chi connectivity index (χ0v) is 16.3. The Balaban J connectivity index is 1.61. The van der Waals surface area contributed by atoms with Gasteiger partial charge in [0.05, 0.1) is 15.6 Å². The van der Waals surface area contributed by atoms with E-state index in [9.17, 15) is 19.7 Å². The number of nitro groups is 1. The molecular formula is C22H16ClN3O4. The molecule has 0 saturated heterocycles. The van der Waals surface area contributed by atoms with Gasteiger partial charge in [0.25, 0.3) is 11.6 Å². The highest BCUT2D eigenvalue weighted by molar-refractivity contribution is 6.34. The predicted molar refractivity (Wildman–Crippen MR) is 117 cm³/mol. The molecule has 150 valence electrons. The number of carbonyl (C=O) groups excluding carboxylic acids is 2. The number of amides is 2. The summed E-state index contributed by atoms with van der Waals surface area (Å²) in [5.74, 6) is -0.689. The molecule has 0 fully saturated rings. The second kappa shape index (κ2) is 9.49. The number of nitrogens with zero attached hydrogens (tertiary/aromatic N) is 1. The van der Waals surface area contributed by atoms with Crippen LogP contribution in [0, 0.1) is 10.1 Å². The first-order valence-corrected chi connectivity index (χ1v) is 9.19. The number of hydrogen-bond acceptors (Lipinski definition) is 4. The van der Waals surface area contributed by atoms with Gasteiger partial charge in [-0.3, -0.25) is 19.7 Å². The lowest BCUT2D eigenvalue weighted by molar-refractivity contribution is -0.384. The van der Waals surface area contributed by atoms with Crippen molar-refractivity contribution >= 4 is 46.6 Å². The molecule has 3 rings (SSSR count). The molecule has 7 nitrogen and oxygen atoms in total. The summed E-state index contributed by atoms with van der Waals surface area (Å²) in [5.41, 5.74) is 2.00. The van der Waals surface area contributed by atoms with Crippen LogP contribution in [0.15, 0.2) is 78.9 Å². The second-order valence-electron chi connectivity index (χ2n) is 6.19. The fourth-order valence-electron chi connectivity index (χ4n) is 2.54. The van der Waals surface area contributed by atoms with Crippen molar-refractivity contribution in [2.75, 3.05) is 10.6 Å². The molecule has 0 heterocycles. The van der Waals surface area contributed by atoms with E-state index in [4.69, 9.17) is 11.6 Å². The van der Waals surface area contributed by atoms with Crippen molar-refractivity contribution in [3.05, 3.63) is 105 Å². The van der Waals surface area contributed by atoms with Gasteiger partial charge in [-0.05, 0) is 54.1 Å². The van der Waals surface area contributed by atoms with Gasteiger partial charge in [0.15, 0.2) is 0 Å². The number of halogens is 1. The van der Waals surface area contributed by atoms with Crippen LogP contribution in [0.25, 0.3) is 6.08 Å². The highest BCUT2D eigenvalue weighted by Crippen LogP contribution is 2.26. The molecule has 0 spiro atoms. The van der Waals surface area contributed by atoms with E-state index in [1.165, 1.54) is 30.4 Å². The van der Waals surface area contributed by atoms with E-state index in [1.807, 2.05) is 6.07 Å². The largest absolute Gasteiger partial charge is 0.322 e. The fraction of sp³-hybridized carbons (Fsp3) is 0. The van der Waals surface area contributed by atoms with E-state index >= 15 is 0 Å². The monoisotopic (exact) mass is 421 g/mol. The third-order valence-electron chi connectivity index (χ3n) is 4.05. The van der Waals surface area contributed by atoms with Crippen molar-refractivity contribution in [3.63, 3.8) is 0 Å². The second-order valence-corrected chi connectivity index (χ2v) is 6.59. The smallest absolute Gasteiger partial charge is 0.269 e. The summed E-state index contributed by atoms with van der Waals surface area (Å²) >= 11 is 6.22. The molecule has 0 atom stereocenters. The maximum Gasteiger partial charge on any atom is 0.269 e. The lowest BCUT2D eigenvalue weighted by Gasteiger charge is -2.09. The third kappa shape index (κ3) is 5.52. The summed E-state index contributed by atoms with van der Waals surface area (Å²) in [7, 11) is 0. The Bertz CT molecular complexity index is 1110. The Kier molecular flexibility index (Phi) is 6.56. The molecule has 0 unspecified atom stereocenters. The molecule has 0 aliphatic heterocycles. The van der Waals surface area contributed by atoms with Crippen molar-refractivity contribution < 1.29 is 14.5 Å². The van der Waals surface area contributed by atoms with Crippen molar-refractivity contribution in [1.82, 2.24) is 0 Å². The van der Waals surface area contributed by atoms with Crippen molar-refractivity contribution in [2.24, 2.45) is 0 Å². The number of rotatable bonds is 6. The first kappa shape index (κ1) is 20.8. The first-order valence-electron chi connectivity index (χ1n) is 8.82. The van der Waals surface area contributed by atoms with Crippen LogP contribution in [-0.2, 0) is 4.79 Å². The van der Waals surface area contributed by atoms with E-state index in [0.717, 1.165) is 0 Å². The zero-order chi connectivity index (χ0) is 21.5. The van der Waals surface area contributed by atoms with Gasteiger partial charge in [-0.25, -0.2) is 0 Å². The highest BCUT2D eigenvalue weighted by Gasteiger charge is 2.09. The van der Waals surface area contributed by atoms with Crippen LogP contribution in [0.1, 0.15) is 15.9 Å². The van der Waals surface area contributed by atoms with Crippen LogP contribution >= 0.6 is 11.6 Å². The van der Waals surface area contributed by atoms with Crippen molar-refractivity contribution in [1.29, 1.82) is 0 Å². The molecule has 0 saturated carbocycles. The van der Waals surface area contributed by atoms with Gasteiger partial charge in [-0.1, -0.05) is 29.8 Å². The zero-order valence-electron chi connectivity index (χ0n) is 15.5. The highest BCUT2D eigenvalue weighted by atomic mass is 35.5. The molecule has 0 aromatic heterocycles. The lowest BCUT2D eigenvalue weighted by atomic mass is 10.2. The molecule has 0 aliphatic carbocycles. The summed E-state index contributed by atoms with van der Waals surface area (Å²) in [5, 5.41) is 16.3. The predicted octanol–water partition coefficient (Wildman–Crippen LogP) is 5.15. The Morgan fingerprint density at radius 2 is 1.63 bits per heavy atom. The van der Waals surface area contributed by atoms with Crippen molar-refractivity contribution in [3.8, 4) is 0 Å². The number of anilines is 2. The van der Waals surface area contributed by atoms with Gasteiger partial charge in [0, 0.05) is 29.5 Å². The first-order chi connectivity index (χ1) is 14.4. The fourth-order valence-corrected chi connectivity index (χ4v) is 2.77. The van der Waals surface area contributed by atoms with Crippen LogP contribution in [0.5, 0.6) is 0 Å². The Morgan fingerprint density at radius 1 is 0.933 bits per heavy atom. The number of benzene rings is 3. The lowest BCUT2D eigenvalue weighted by Crippen LogP contribution is -2.12. The van der Waals surface area contributed by atoms with Crippen LogP contribution < -0.4 is 10.6 Å². The average molecular weight is 422 g/mol. The average Bonchev–Trinajstić information content (AvgIpc) is 2.75. The van der Waals surface area contributed by atoms with E-state index in [0.29, 0.717) is 22.5 Å². The molecule has 0 bridgehead atoms. The number of hydrogen-bond donors (Lipinski definition) is 2. The quantitative estimate of drug-likeness (QED) is 0.326. The molecule has 3 aromatic carbocycles. The van der Waals surface area contributed by atoms with E-state index in [2.05, 4.69) is 10.6 Å². The van der Waals surface area contributed by atoms with E-state index < -0.39 is 10.8 Å². The summed E-state index contributed by atoms with van der Waals surface area (Å²) in [6, 6.07) is 19.3. The number of carbonyl (C=O) groups is 2. The van der Waals surface area contributed by atoms with Gasteiger partial charge in [-0.2, -0.15) is 0 Å². The van der Waals surface area contributed by atoms with Crippen LogP contribution in [0.4, 0.5) is 17.1 Å². The minimum atomic E-state index is -0.490. The molecule has 0 radical (unpaired) electrons. The topological polar surface area (TPSA) is 101 Å². The molecule has 2 N–H and O–H groups in total. The van der Waals surface area contributed by atoms with Gasteiger partial charge >= 0.3 is 0 Å². The van der Waals surface area contributed by atoms with Gasteiger partial charge in [0.1, 0.15) is 0 Å². The molecular weight excluding hydrogens is 406 g/mol. The van der Waals surface area contributed by atoms with Gasteiger partial charge < -0.3 is 10.6 Å². The normalized spacial score (nSPS) is 10.6. The van der Waals surface area contributed by atoms with E-state index in [1.54, 1.807) is 48.5 Å². The number of nitrogens with one attached hydrogen (secondary N) is 2. The molecule has 8 heteroatoms. The standard InChI is InChI=1S/C22H16ClN3O4/c23-19-14-17(9-12-20(19)25-22(28)16-4-2-1-3-5-16)24-21(27)13-8-15-6-10-18(11-7-15)26(29)30/h1-14H,(H,24,27)(H,25,28)/b13-8+. The Morgan fingerprint density at radius 3 is 2.27 bits per heavy atom. The minimum absolute atomic E-state index is 0.0225. The Hall–Kier alpha value is -3.97. The van der Waals surface area contributed by atoms with Crippen molar-refractivity contribution in [2.45, 2.75) is 0 Å². The summed E-state index contributed by atoms with van der Waals surface area (Å²) in [4.78, 5) is 34.5. The SMILES string of the molecule is O=C(/C=C/c1ccc([N+](=O)[O-])cc1)Nc1ccc(NC(=O)c2ccccc2)c(Cl)c1. The van der Waals surface area contributed by atoms with Crippen LogP contribution in [0.3, 0.4) is 0 Å². The summed E-state index contributed by atoms with van der Waals surface area (Å²) in [6.45, 7) is 0. The van der Waals surface area contributed by atoms with Gasteiger partial charge in [0.2, 0.25) is 5.91 Å². The minimum Gasteiger partial charge on any atom is -0.322 e. The Labute approximate surface area is 177 Å². The van der Waals surface area contributed by atoms with Crippen LogP contribution in [0.2, 0.25) is 5.02 Å². The van der Waals surface area contributed by atoms with E-state index in [-0.39, 0.29) is 16.6 Å². The van der Waals surface area contributed by atoms with Gasteiger partial charge in [-0.15, -0.1) is 0 Å². The summed E-state index contributed by atoms with van der Waals surface area (Å²) in [6.07, 6.45) is 2.84. The molecule has 0 aliphatic rings. The molecule has 3 aromatic rings.